The van der Waals surface area contributed by atoms with Crippen molar-refractivity contribution in [2.24, 2.45) is 5.92 Å². The Labute approximate surface area is 119 Å². The van der Waals surface area contributed by atoms with Crippen molar-refractivity contribution in [1.82, 2.24) is 14.7 Å². The van der Waals surface area contributed by atoms with E-state index in [4.69, 9.17) is 23.2 Å². The number of halogens is 2. The van der Waals surface area contributed by atoms with Gasteiger partial charge in [-0.25, -0.2) is 0 Å². The van der Waals surface area contributed by atoms with Gasteiger partial charge in [0.1, 0.15) is 0 Å². The van der Waals surface area contributed by atoms with E-state index < -0.39 is 0 Å². The third-order valence-corrected chi connectivity index (χ3v) is 4.42. The molecule has 102 valence electrons. The van der Waals surface area contributed by atoms with Crippen LogP contribution in [0.5, 0.6) is 0 Å². The molecule has 1 aliphatic rings. The molecule has 1 aliphatic heterocycles. The van der Waals surface area contributed by atoms with Gasteiger partial charge in [0.05, 0.1) is 16.4 Å². The first-order valence-electron chi connectivity index (χ1n) is 6.65. The Morgan fingerprint density at radius 2 is 2.22 bits per heavy atom. The van der Waals surface area contributed by atoms with Gasteiger partial charge in [-0.2, -0.15) is 5.10 Å². The van der Waals surface area contributed by atoms with E-state index >= 15 is 0 Å². The first-order valence-corrected chi connectivity index (χ1v) is 7.57. The molecule has 0 aromatic carbocycles. The Hall–Kier alpha value is -0.250. The van der Waals surface area contributed by atoms with E-state index in [0.29, 0.717) is 0 Å². The van der Waals surface area contributed by atoms with Crippen LogP contribution in [0.3, 0.4) is 0 Å². The predicted molar refractivity (Wildman–Crippen MR) is 76.4 cm³/mol. The molecular formula is C13H21Cl2N3. The quantitative estimate of drug-likeness (QED) is 0.776. The van der Waals surface area contributed by atoms with Crippen LogP contribution in [0.2, 0.25) is 5.02 Å². The van der Waals surface area contributed by atoms with E-state index in [2.05, 4.69) is 16.9 Å². The van der Waals surface area contributed by atoms with E-state index in [-0.39, 0.29) is 0 Å². The van der Waals surface area contributed by atoms with E-state index in [1.54, 1.807) is 0 Å². The highest BCUT2D eigenvalue weighted by molar-refractivity contribution is 6.31. The minimum atomic E-state index is 0.750. The Morgan fingerprint density at radius 3 is 2.89 bits per heavy atom. The number of hydrogen-bond acceptors (Lipinski definition) is 2. The lowest BCUT2D eigenvalue weighted by Crippen LogP contribution is -2.22. The molecule has 0 saturated carbocycles. The van der Waals surface area contributed by atoms with Crippen molar-refractivity contribution in [3.63, 3.8) is 0 Å². The summed E-state index contributed by atoms with van der Waals surface area (Å²) in [5.74, 6) is 1.52. The van der Waals surface area contributed by atoms with Crippen LogP contribution in [0.4, 0.5) is 0 Å². The number of rotatable bonds is 5. The summed E-state index contributed by atoms with van der Waals surface area (Å²) in [6, 6.07) is 0. The molecule has 0 radical (unpaired) electrons. The topological polar surface area (TPSA) is 21.1 Å². The second-order valence-electron chi connectivity index (χ2n) is 5.03. The van der Waals surface area contributed by atoms with Crippen molar-refractivity contribution in [3.05, 3.63) is 16.4 Å². The summed E-state index contributed by atoms with van der Waals surface area (Å²) < 4.78 is 2.02. The molecule has 1 unspecified atom stereocenters. The van der Waals surface area contributed by atoms with Gasteiger partial charge in [0.25, 0.3) is 0 Å². The Balaban J connectivity index is 2.02. The van der Waals surface area contributed by atoms with Crippen LogP contribution < -0.4 is 0 Å². The van der Waals surface area contributed by atoms with E-state index in [1.165, 1.54) is 6.42 Å². The van der Waals surface area contributed by atoms with Crippen LogP contribution in [0, 0.1) is 12.8 Å². The number of nitrogens with zero attached hydrogens (tertiary/aromatic N) is 3. The molecule has 1 fully saturated rings. The normalized spacial score (nSPS) is 20.8. The second kappa shape index (κ2) is 6.27. The third kappa shape index (κ3) is 3.01. The van der Waals surface area contributed by atoms with Gasteiger partial charge in [-0.3, -0.25) is 9.58 Å². The summed E-state index contributed by atoms with van der Waals surface area (Å²) in [6.45, 7) is 8.14. The molecule has 2 heterocycles. The van der Waals surface area contributed by atoms with E-state index in [1.807, 2.05) is 11.6 Å². The zero-order chi connectivity index (χ0) is 13.1. The minimum Gasteiger partial charge on any atom is -0.297 e. The highest BCUT2D eigenvalue weighted by Crippen LogP contribution is 2.26. The Morgan fingerprint density at radius 1 is 1.44 bits per heavy atom. The zero-order valence-electron chi connectivity index (χ0n) is 11.1. The van der Waals surface area contributed by atoms with E-state index in [0.717, 1.165) is 60.8 Å². The summed E-state index contributed by atoms with van der Waals surface area (Å²) >= 11 is 12.1. The molecule has 0 spiro atoms. The maximum absolute atomic E-state index is 6.34. The van der Waals surface area contributed by atoms with Crippen molar-refractivity contribution in [2.75, 3.05) is 19.0 Å². The maximum Gasteiger partial charge on any atom is 0.0860 e. The Bertz CT molecular complexity index is 403. The van der Waals surface area contributed by atoms with Gasteiger partial charge in [-0.05, 0) is 39.2 Å². The molecular weight excluding hydrogens is 269 g/mol. The summed E-state index contributed by atoms with van der Waals surface area (Å²) in [5.41, 5.74) is 2.09. The number of aryl methyl sites for hydroxylation is 2. The van der Waals surface area contributed by atoms with Crippen molar-refractivity contribution in [3.8, 4) is 0 Å². The lowest BCUT2D eigenvalue weighted by Gasteiger charge is -2.16. The molecule has 1 atom stereocenters. The lowest BCUT2D eigenvalue weighted by molar-refractivity contribution is 0.304. The molecule has 2 rings (SSSR count). The second-order valence-corrected chi connectivity index (χ2v) is 5.79. The van der Waals surface area contributed by atoms with Crippen molar-refractivity contribution in [1.29, 1.82) is 0 Å². The summed E-state index contributed by atoms with van der Waals surface area (Å²) in [6.07, 6.45) is 2.38. The van der Waals surface area contributed by atoms with Crippen LogP contribution in [-0.4, -0.2) is 33.6 Å². The Kier molecular flexibility index (Phi) is 4.93. The highest BCUT2D eigenvalue weighted by Gasteiger charge is 2.24. The molecule has 0 aliphatic carbocycles. The lowest BCUT2D eigenvalue weighted by atomic mass is 10.1. The van der Waals surface area contributed by atoms with Gasteiger partial charge >= 0.3 is 0 Å². The van der Waals surface area contributed by atoms with Crippen LogP contribution in [0.1, 0.15) is 31.2 Å². The monoisotopic (exact) mass is 289 g/mol. The van der Waals surface area contributed by atoms with E-state index in [9.17, 15) is 0 Å². The van der Waals surface area contributed by atoms with Gasteiger partial charge in [-0.15, -0.1) is 11.6 Å². The van der Waals surface area contributed by atoms with Gasteiger partial charge in [0, 0.05) is 25.5 Å². The summed E-state index contributed by atoms with van der Waals surface area (Å²) in [5, 5.41) is 5.29. The average molecular weight is 290 g/mol. The molecule has 18 heavy (non-hydrogen) atoms. The molecule has 0 bridgehead atoms. The number of likely N-dealkylation sites (tertiary alicyclic amines) is 1. The van der Waals surface area contributed by atoms with Crippen molar-refractivity contribution < 1.29 is 0 Å². The SMILES string of the molecule is CCn1nc(C)c(Cl)c1CN1CCC(CCCl)C1. The fourth-order valence-corrected chi connectivity index (χ4v) is 3.18. The molecule has 1 aromatic heterocycles. The molecule has 0 amide bonds. The van der Waals surface area contributed by atoms with Crippen LogP contribution in [0.25, 0.3) is 0 Å². The summed E-state index contributed by atoms with van der Waals surface area (Å²) in [7, 11) is 0. The largest absolute Gasteiger partial charge is 0.297 e. The fraction of sp³-hybridized carbons (Fsp3) is 0.769. The van der Waals surface area contributed by atoms with Gasteiger partial charge in [0.2, 0.25) is 0 Å². The van der Waals surface area contributed by atoms with Crippen molar-refractivity contribution >= 4 is 23.2 Å². The van der Waals surface area contributed by atoms with Crippen LogP contribution in [0.15, 0.2) is 0 Å². The standard InChI is InChI=1S/C13H21Cl2N3/c1-3-18-12(13(15)10(2)16-18)9-17-7-5-11(8-17)4-6-14/h11H,3-9H2,1-2H3. The maximum atomic E-state index is 6.34. The molecule has 0 N–H and O–H groups in total. The smallest absolute Gasteiger partial charge is 0.0860 e. The number of alkyl halides is 1. The number of aromatic nitrogens is 2. The minimum absolute atomic E-state index is 0.750. The molecule has 3 nitrogen and oxygen atoms in total. The fourth-order valence-electron chi connectivity index (χ4n) is 2.68. The summed E-state index contributed by atoms with van der Waals surface area (Å²) in [4.78, 5) is 2.46. The van der Waals surface area contributed by atoms with Crippen molar-refractivity contribution in [2.45, 2.75) is 39.8 Å². The van der Waals surface area contributed by atoms with Gasteiger partial charge in [0.15, 0.2) is 0 Å². The van der Waals surface area contributed by atoms with Crippen LogP contribution >= 0.6 is 23.2 Å². The predicted octanol–water partition coefficient (Wildman–Crippen LogP) is 3.32. The molecule has 1 saturated heterocycles. The third-order valence-electron chi connectivity index (χ3n) is 3.71. The highest BCUT2D eigenvalue weighted by atomic mass is 35.5. The first-order chi connectivity index (χ1) is 8.65. The number of hydrogen-bond donors (Lipinski definition) is 0. The zero-order valence-corrected chi connectivity index (χ0v) is 12.6. The van der Waals surface area contributed by atoms with Crippen LogP contribution in [-0.2, 0) is 13.1 Å². The molecule has 1 aromatic rings. The molecule has 5 heteroatoms. The average Bonchev–Trinajstić information content (AvgIpc) is 2.90. The first kappa shape index (κ1) is 14.2. The van der Waals surface area contributed by atoms with Gasteiger partial charge in [-0.1, -0.05) is 11.6 Å². The van der Waals surface area contributed by atoms with Gasteiger partial charge < -0.3 is 0 Å².